The number of hydrogen-bond donors (Lipinski definition) is 1. The fraction of sp³-hybridized carbons (Fsp3) is 0.263. The van der Waals surface area contributed by atoms with Crippen molar-refractivity contribution in [3.8, 4) is 0 Å². The minimum Gasteiger partial charge on any atom is -0.341 e. The normalized spacial score (nSPS) is 15.4. The highest BCUT2D eigenvalue weighted by Crippen LogP contribution is 2.19. The standard InChI is InChI=1S/C19H19FN4O/c20-15-7-2-1-6-14(15)18(25)23-10-5-11-24(13-12-23)19-21-16-8-3-4-9-17(16)22-19/h1-4,6-9H,5,10-13H2,(H,21,22). The fourth-order valence-electron chi connectivity index (χ4n) is 3.23. The molecule has 1 fully saturated rings. The van der Waals surface area contributed by atoms with Gasteiger partial charge in [-0.3, -0.25) is 4.79 Å². The second-order valence-corrected chi connectivity index (χ2v) is 6.19. The molecule has 0 spiro atoms. The first kappa shape index (κ1) is 15.6. The predicted molar refractivity (Wildman–Crippen MR) is 95.2 cm³/mol. The van der Waals surface area contributed by atoms with Crippen LogP contribution in [0.5, 0.6) is 0 Å². The van der Waals surface area contributed by atoms with Crippen LogP contribution in [0.4, 0.5) is 10.3 Å². The Morgan fingerprint density at radius 2 is 1.80 bits per heavy atom. The molecule has 0 radical (unpaired) electrons. The van der Waals surface area contributed by atoms with E-state index in [4.69, 9.17) is 0 Å². The summed E-state index contributed by atoms with van der Waals surface area (Å²) in [5.74, 6) is 0.108. The summed E-state index contributed by atoms with van der Waals surface area (Å²) < 4.78 is 13.9. The fourth-order valence-corrected chi connectivity index (χ4v) is 3.23. The molecule has 0 unspecified atom stereocenters. The lowest BCUT2D eigenvalue weighted by Gasteiger charge is -2.22. The summed E-state index contributed by atoms with van der Waals surface area (Å²) in [5.41, 5.74) is 2.07. The molecule has 0 aliphatic carbocycles. The Morgan fingerprint density at radius 1 is 1.00 bits per heavy atom. The lowest BCUT2D eigenvalue weighted by Crippen LogP contribution is -2.35. The monoisotopic (exact) mass is 338 g/mol. The van der Waals surface area contributed by atoms with Crippen molar-refractivity contribution in [2.75, 3.05) is 31.1 Å². The number of amides is 1. The third-order valence-corrected chi connectivity index (χ3v) is 4.56. The van der Waals surface area contributed by atoms with E-state index in [0.29, 0.717) is 19.6 Å². The number of imidazole rings is 1. The maximum Gasteiger partial charge on any atom is 0.256 e. The summed E-state index contributed by atoms with van der Waals surface area (Å²) >= 11 is 0. The van der Waals surface area contributed by atoms with Crippen LogP contribution in [-0.4, -0.2) is 47.0 Å². The van der Waals surface area contributed by atoms with Gasteiger partial charge >= 0.3 is 0 Å². The maximum absolute atomic E-state index is 13.9. The molecule has 2 heterocycles. The highest BCUT2D eigenvalue weighted by atomic mass is 19.1. The summed E-state index contributed by atoms with van der Waals surface area (Å²) in [4.78, 5) is 24.4. The molecule has 2 aromatic carbocycles. The third kappa shape index (κ3) is 3.07. The van der Waals surface area contributed by atoms with Gasteiger partial charge in [0.05, 0.1) is 16.6 Å². The maximum atomic E-state index is 13.9. The number of para-hydroxylation sites is 2. The van der Waals surface area contributed by atoms with Crippen LogP contribution >= 0.6 is 0 Å². The van der Waals surface area contributed by atoms with Crippen molar-refractivity contribution in [2.45, 2.75) is 6.42 Å². The van der Waals surface area contributed by atoms with Crippen LogP contribution < -0.4 is 4.90 Å². The van der Waals surface area contributed by atoms with E-state index in [2.05, 4.69) is 14.9 Å². The van der Waals surface area contributed by atoms with Crippen LogP contribution in [0, 0.1) is 5.82 Å². The first-order chi connectivity index (χ1) is 12.2. The largest absolute Gasteiger partial charge is 0.341 e. The average Bonchev–Trinajstić information content (AvgIpc) is 2.91. The summed E-state index contributed by atoms with van der Waals surface area (Å²) in [6, 6.07) is 14.1. The van der Waals surface area contributed by atoms with E-state index < -0.39 is 5.82 Å². The van der Waals surface area contributed by atoms with Gasteiger partial charge in [-0.25, -0.2) is 9.37 Å². The van der Waals surface area contributed by atoms with E-state index in [1.165, 1.54) is 6.07 Å². The Morgan fingerprint density at radius 3 is 2.64 bits per heavy atom. The van der Waals surface area contributed by atoms with E-state index in [1.807, 2.05) is 24.3 Å². The number of fused-ring (bicyclic) bond motifs is 1. The minimum absolute atomic E-state index is 0.139. The molecule has 1 N–H and O–H groups in total. The second-order valence-electron chi connectivity index (χ2n) is 6.19. The van der Waals surface area contributed by atoms with Crippen LogP contribution in [0.1, 0.15) is 16.8 Å². The van der Waals surface area contributed by atoms with Crippen molar-refractivity contribution in [3.63, 3.8) is 0 Å². The Kier molecular flexibility index (Phi) is 4.09. The van der Waals surface area contributed by atoms with Crippen molar-refractivity contribution in [1.82, 2.24) is 14.9 Å². The van der Waals surface area contributed by atoms with Crippen LogP contribution in [0.15, 0.2) is 48.5 Å². The molecule has 0 saturated carbocycles. The first-order valence-corrected chi connectivity index (χ1v) is 8.46. The molecule has 3 aromatic rings. The zero-order valence-electron chi connectivity index (χ0n) is 13.8. The molecule has 0 bridgehead atoms. The van der Waals surface area contributed by atoms with Crippen molar-refractivity contribution >= 4 is 22.9 Å². The van der Waals surface area contributed by atoms with Gasteiger partial charge in [0.2, 0.25) is 5.95 Å². The number of anilines is 1. The van der Waals surface area contributed by atoms with Crippen molar-refractivity contribution in [1.29, 1.82) is 0 Å². The summed E-state index contributed by atoms with van der Waals surface area (Å²) in [5, 5.41) is 0. The van der Waals surface area contributed by atoms with Gasteiger partial charge in [-0.15, -0.1) is 0 Å². The van der Waals surface area contributed by atoms with Crippen molar-refractivity contribution < 1.29 is 9.18 Å². The van der Waals surface area contributed by atoms with Crippen LogP contribution in [-0.2, 0) is 0 Å². The van der Waals surface area contributed by atoms with Crippen LogP contribution in [0.2, 0.25) is 0 Å². The molecule has 6 heteroatoms. The third-order valence-electron chi connectivity index (χ3n) is 4.56. The van der Waals surface area contributed by atoms with E-state index in [0.717, 1.165) is 29.9 Å². The molecule has 1 saturated heterocycles. The summed E-state index contributed by atoms with van der Waals surface area (Å²) in [7, 11) is 0. The van der Waals surface area contributed by atoms with E-state index in [1.54, 1.807) is 23.1 Å². The number of benzene rings is 2. The Labute approximate surface area is 145 Å². The SMILES string of the molecule is O=C(c1ccccc1F)N1CCCN(c2nc3ccccc3[nH]2)CC1. The number of carbonyl (C=O) groups is 1. The minimum atomic E-state index is -0.467. The van der Waals surface area contributed by atoms with Gasteiger partial charge in [0, 0.05) is 26.2 Å². The number of carbonyl (C=O) groups excluding carboxylic acids is 1. The molecular weight excluding hydrogens is 319 g/mol. The number of halogens is 1. The number of H-pyrrole nitrogens is 1. The topological polar surface area (TPSA) is 52.2 Å². The van der Waals surface area contributed by atoms with Crippen LogP contribution in [0.3, 0.4) is 0 Å². The lowest BCUT2D eigenvalue weighted by atomic mass is 10.2. The number of nitrogens with one attached hydrogen (secondary N) is 1. The molecule has 1 aliphatic heterocycles. The number of nitrogens with zero attached hydrogens (tertiary/aromatic N) is 3. The van der Waals surface area contributed by atoms with Crippen molar-refractivity contribution in [3.05, 3.63) is 59.9 Å². The molecule has 1 amide bonds. The van der Waals surface area contributed by atoms with Gasteiger partial charge in [0.1, 0.15) is 5.82 Å². The Hall–Kier alpha value is -2.89. The Bertz CT molecular complexity index is 874. The van der Waals surface area contributed by atoms with Gasteiger partial charge in [-0.1, -0.05) is 24.3 Å². The van der Waals surface area contributed by atoms with Gasteiger partial charge in [0.25, 0.3) is 5.91 Å². The van der Waals surface area contributed by atoms with Gasteiger partial charge < -0.3 is 14.8 Å². The summed E-state index contributed by atoms with van der Waals surface area (Å²) in [6.07, 6.45) is 0.817. The van der Waals surface area contributed by atoms with Gasteiger partial charge in [-0.2, -0.15) is 0 Å². The zero-order chi connectivity index (χ0) is 17.2. The van der Waals surface area contributed by atoms with Crippen LogP contribution in [0.25, 0.3) is 11.0 Å². The number of aromatic nitrogens is 2. The van der Waals surface area contributed by atoms with E-state index in [-0.39, 0.29) is 11.5 Å². The number of rotatable bonds is 2. The van der Waals surface area contributed by atoms with Crippen molar-refractivity contribution in [2.24, 2.45) is 0 Å². The average molecular weight is 338 g/mol. The van der Waals surface area contributed by atoms with E-state index in [9.17, 15) is 9.18 Å². The molecule has 4 rings (SSSR count). The smallest absolute Gasteiger partial charge is 0.256 e. The van der Waals surface area contributed by atoms with E-state index >= 15 is 0 Å². The van der Waals surface area contributed by atoms with Gasteiger partial charge in [-0.05, 0) is 30.7 Å². The highest BCUT2D eigenvalue weighted by Gasteiger charge is 2.23. The molecule has 5 nitrogen and oxygen atoms in total. The first-order valence-electron chi connectivity index (χ1n) is 8.46. The molecular formula is C19H19FN4O. The second kappa shape index (κ2) is 6.55. The lowest BCUT2D eigenvalue weighted by molar-refractivity contribution is 0.0762. The highest BCUT2D eigenvalue weighted by molar-refractivity contribution is 5.94. The predicted octanol–water partition coefficient (Wildman–Crippen LogP) is 3.05. The summed E-state index contributed by atoms with van der Waals surface area (Å²) in [6.45, 7) is 2.63. The molecule has 1 aromatic heterocycles. The van der Waals surface area contributed by atoms with Gasteiger partial charge in [0.15, 0.2) is 0 Å². The zero-order valence-corrected chi connectivity index (χ0v) is 13.8. The quantitative estimate of drug-likeness (QED) is 0.781. The number of aromatic amines is 1. The molecule has 25 heavy (non-hydrogen) atoms. The Balaban J connectivity index is 1.50. The molecule has 0 atom stereocenters. The molecule has 1 aliphatic rings. The molecule has 128 valence electrons. The number of hydrogen-bond acceptors (Lipinski definition) is 3.